The van der Waals surface area contributed by atoms with Crippen LogP contribution >= 0.6 is 0 Å². The Morgan fingerprint density at radius 3 is 2.87 bits per heavy atom. The van der Waals surface area contributed by atoms with Gasteiger partial charge in [-0.25, -0.2) is 0 Å². The lowest BCUT2D eigenvalue weighted by molar-refractivity contribution is -0.144. The van der Waals surface area contributed by atoms with Gasteiger partial charge in [-0.2, -0.15) is 0 Å². The van der Waals surface area contributed by atoms with Crippen LogP contribution in [-0.4, -0.2) is 65.0 Å². The molecule has 6 heteroatoms. The van der Waals surface area contributed by atoms with Gasteiger partial charge in [0.15, 0.2) is 0 Å². The summed E-state index contributed by atoms with van der Waals surface area (Å²) in [6.07, 6.45) is 5.43. The Labute approximate surface area is 136 Å². The summed E-state index contributed by atoms with van der Waals surface area (Å²) < 4.78 is 5.85. The lowest BCUT2D eigenvalue weighted by Crippen LogP contribution is -2.52. The third-order valence-corrected chi connectivity index (χ3v) is 4.71. The zero-order chi connectivity index (χ0) is 16.2. The van der Waals surface area contributed by atoms with Gasteiger partial charge in [0.2, 0.25) is 11.8 Å². The number of pyridine rings is 1. The monoisotopic (exact) mass is 317 g/mol. The predicted molar refractivity (Wildman–Crippen MR) is 84.7 cm³/mol. The lowest BCUT2D eigenvalue weighted by Gasteiger charge is -2.39. The molecule has 0 aliphatic carbocycles. The average Bonchev–Trinajstić information content (AvgIpc) is 2.78. The minimum absolute atomic E-state index is 0.0452. The lowest BCUT2D eigenvalue weighted by atomic mass is 10.0. The summed E-state index contributed by atoms with van der Waals surface area (Å²) in [6.45, 7) is 4.21. The normalized spacial score (nSPS) is 24.7. The van der Waals surface area contributed by atoms with Gasteiger partial charge in [-0.05, 0) is 24.5 Å². The fourth-order valence-corrected chi connectivity index (χ4v) is 3.51. The SMILES string of the molecule is CC(=O)N1CCO[C@@H]2CCN(C(=O)Cc3cccnc3)CC[C@H]21. The number of carbonyl (C=O) groups excluding carboxylic acids is 2. The summed E-state index contributed by atoms with van der Waals surface area (Å²) in [5.41, 5.74) is 0.931. The highest BCUT2D eigenvalue weighted by Gasteiger charge is 2.36. The summed E-state index contributed by atoms with van der Waals surface area (Å²) in [4.78, 5) is 32.2. The Morgan fingerprint density at radius 1 is 1.30 bits per heavy atom. The van der Waals surface area contributed by atoms with Crippen molar-refractivity contribution in [1.82, 2.24) is 14.8 Å². The van der Waals surface area contributed by atoms with Gasteiger partial charge in [0.25, 0.3) is 0 Å². The number of fused-ring (bicyclic) bond motifs is 1. The third-order valence-electron chi connectivity index (χ3n) is 4.71. The highest BCUT2D eigenvalue weighted by molar-refractivity contribution is 5.78. The fourth-order valence-electron chi connectivity index (χ4n) is 3.51. The Balaban J connectivity index is 1.63. The molecule has 0 N–H and O–H groups in total. The Hall–Kier alpha value is -1.95. The Bertz CT molecular complexity index is 563. The van der Waals surface area contributed by atoms with Crippen LogP contribution in [0.15, 0.2) is 24.5 Å². The molecule has 3 heterocycles. The molecule has 1 aromatic heterocycles. The van der Waals surface area contributed by atoms with E-state index >= 15 is 0 Å². The summed E-state index contributed by atoms with van der Waals surface area (Å²) >= 11 is 0. The number of morpholine rings is 1. The van der Waals surface area contributed by atoms with Crippen molar-refractivity contribution in [2.75, 3.05) is 26.2 Å². The maximum Gasteiger partial charge on any atom is 0.227 e. The van der Waals surface area contributed by atoms with Gasteiger partial charge >= 0.3 is 0 Å². The number of aromatic nitrogens is 1. The van der Waals surface area contributed by atoms with Crippen LogP contribution in [0.1, 0.15) is 25.3 Å². The van der Waals surface area contributed by atoms with Crippen molar-refractivity contribution < 1.29 is 14.3 Å². The van der Waals surface area contributed by atoms with E-state index in [-0.39, 0.29) is 24.0 Å². The number of nitrogens with zero attached hydrogens (tertiary/aromatic N) is 3. The van der Waals surface area contributed by atoms with E-state index in [1.807, 2.05) is 21.9 Å². The first-order valence-corrected chi connectivity index (χ1v) is 8.20. The molecule has 2 aliphatic rings. The smallest absolute Gasteiger partial charge is 0.227 e. The van der Waals surface area contributed by atoms with E-state index in [0.29, 0.717) is 32.7 Å². The highest BCUT2D eigenvalue weighted by atomic mass is 16.5. The van der Waals surface area contributed by atoms with Crippen LogP contribution in [0.25, 0.3) is 0 Å². The molecule has 0 aromatic carbocycles. The average molecular weight is 317 g/mol. The molecule has 1 aromatic rings. The van der Waals surface area contributed by atoms with Gasteiger partial charge in [-0.1, -0.05) is 6.07 Å². The standard InChI is InChI=1S/C17H23N3O3/c1-13(21)20-9-10-23-16-5-8-19(7-4-15(16)20)17(22)11-14-3-2-6-18-12-14/h2-3,6,12,15-16H,4-5,7-11H2,1H3/t15-,16-/m1/s1. The molecule has 0 bridgehead atoms. The van der Waals surface area contributed by atoms with Gasteiger partial charge < -0.3 is 14.5 Å². The summed E-state index contributed by atoms with van der Waals surface area (Å²) in [5, 5.41) is 0. The second kappa shape index (κ2) is 7.08. The molecule has 6 nitrogen and oxygen atoms in total. The molecule has 124 valence electrons. The van der Waals surface area contributed by atoms with Gasteiger partial charge in [-0.15, -0.1) is 0 Å². The maximum absolute atomic E-state index is 12.5. The van der Waals surface area contributed by atoms with E-state index in [4.69, 9.17) is 4.74 Å². The van der Waals surface area contributed by atoms with Crippen LogP contribution in [0.3, 0.4) is 0 Å². The quantitative estimate of drug-likeness (QED) is 0.812. The van der Waals surface area contributed by atoms with Gasteiger partial charge in [0.1, 0.15) is 0 Å². The van der Waals surface area contributed by atoms with Crippen molar-refractivity contribution >= 4 is 11.8 Å². The molecule has 2 atom stereocenters. The Morgan fingerprint density at radius 2 is 2.13 bits per heavy atom. The van der Waals surface area contributed by atoms with E-state index in [0.717, 1.165) is 18.4 Å². The number of hydrogen-bond acceptors (Lipinski definition) is 4. The molecule has 0 spiro atoms. The van der Waals surface area contributed by atoms with E-state index in [9.17, 15) is 9.59 Å². The first kappa shape index (κ1) is 15.9. The van der Waals surface area contributed by atoms with Crippen molar-refractivity contribution in [2.24, 2.45) is 0 Å². The largest absolute Gasteiger partial charge is 0.374 e. The first-order valence-electron chi connectivity index (χ1n) is 8.20. The minimum Gasteiger partial charge on any atom is -0.374 e. The number of likely N-dealkylation sites (tertiary alicyclic amines) is 1. The van der Waals surface area contributed by atoms with Crippen molar-refractivity contribution in [3.05, 3.63) is 30.1 Å². The fraction of sp³-hybridized carbons (Fsp3) is 0.588. The van der Waals surface area contributed by atoms with E-state index in [2.05, 4.69) is 4.98 Å². The molecule has 23 heavy (non-hydrogen) atoms. The summed E-state index contributed by atoms with van der Waals surface area (Å²) in [7, 11) is 0. The maximum atomic E-state index is 12.5. The molecular formula is C17H23N3O3. The number of amides is 2. The van der Waals surface area contributed by atoms with E-state index in [1.54, 1.807) is 19.3 Å². The van der Waals surface area contributed by atoms with Crippen LogP contribution in [0.4, 0.5) is 0 Å². The summed E-state index contributed by atoms with van der Waals surface area (Å²) in [6, 6.07) is 3.86. The van der Waals surface area contributed by atoms with Crippen molar-refractivity contribution in [1.29, 1.82) is 0 Å². The van der Waals surface area contributed by atoms with Crippen molar-refractivity contribution in [2.45, 2.75) is 38.3 Å². The summed E-state index contributed by atoms with van der Waals surface area (Å²) in [5.74, 6) is 0.212. The zero-order valence-corrected chi connectivity index (χ0v) is 13.5. The topological polar surface area (TPSA) is 62.7 Å². The molecule has 2 fully saturated rings. The number of rotatable bonds is 2. The second-order valence-corrected chi connectivity index (χ2v) is 6.19. The molecular weight excluding hydrogens is 294 g/mol. The molecule has 0 radical (unpaired) electrons. The van der Waals surface area contributed by atoms with Crippen LogP contribution in [0, 0.1) is 0 Å². The van der Waals surface area contributed by atoms with Crippen LogP contribution < -0.4 is 0 Å². The molecule has 2 amide bonds. The van der Waals surface area contributed by atoms with Crippen molar-refractivity contribution in [3.8, 4) is 0 Å². The Kier molecular flexibility index (Phi) is 4.91. The van der Waals surface area contributed by atoms with Crippen LogP contribution in [-0.2, 0) is 20.7 Å². The molecule has 2 aliphatic heterocycles. The van der Waals surface area contributed by atoms with E-state index < -0.39 is 0 Å². The van der Waals surface area contributed by atoms with Crippen LogP contribution in [0.2, 0.25) is 0 Å². The van der Waals surface area contributed by atoms with Crippen molar-refractivity contribution in [3.63, 3.8) is 0 Å². The zero-order valence-electron chi connectivity index (χ0n) is 13.5. The van der Waals surface area contributed by atoms with E-state index in [1.165, 1.54) is 0 Å². The number of ether oxygens (including phenoxy) is 1. The third kappa shape index (κ3) is 3.69. The number of hydrogen-bond donors (Lipinski definition) is 0. The first-order chi connectivity index (χ1) is 11.1. The van der Waals surface area contributed by atoms with Gasteiger partial charge in [-0.3, -0.25) is 14.6 Å². The molecule has 3 rings (SSSR count). The van der Waals surface area contributed by atoms with Crippen LogP contribution in [0.5, 0.6) is 0 Å². The van der Waals surface area contributed by atoms with Gasteiger partial charge in [0, 0.05) is 39.0 Å². The second-order valence-electron chi connectivity index (χ2n) is 6.19. The molecule has 2 saturated heterocycles. The highest BCUT2D eigenvalue weighted by Crippen LogP contribution is 2.24. The minimum atomic E-state index is 0.0452. The molecule has 0 saturated carbocycles. The van der Waals surface area contributed by atoms with Gasteiger partial charge in [0.05, 0.1) is 25.2 Å². The predicted octanol–water partition coefficient (Wildman–Crippen LogP) is 0.862. The number of carbonyl (C=O) groups is 2. The molecule has 0 unspecified atom stereocenters.